The van der Waals surface area contributed by atoms with Crippen LogP contribution in [0.2, 0.25) is 0 Å². The van der Waals surface area contributed by atoms with Crippen LogP contribution in [0.3, 0.4) is 0 Å². The first-order valence-corrected chi connectivity index (χ1v) is 8.48. The lowest BCUT2D eigenvalue weighted by molar-refractivity contribution is 0.582. The molecule has 6 nitrogen and oxygen atoms in total. The van der Waals surface area contributed by atoms with Crippen molar-refractivity contribution in [3.05, 3.63) is 59.2 Å². The van der Waals surface area contributed by atoms with Gasteiger partial charge in [0.25, 0.3) is 0 Å². The third kappa shape index (κ3) is 3.93. The minimum absolute atomic E-state index is 0.253. The van der Waals surface area contributed by atoms with E-state index in [4.69, 9.17) is 0 Å². The van der Waals surface area contributed by atoms with Crippen molar-refractivity contribution in [2.75, 3.05) is 0 Å². The molecule has 0 bridgehead atoms. The lowest BCUT2D eigenvalue weighted by Gasteiger charge is -2.13. The van der Waals surface area contributed by atoms with Gasteiger partial charge in [-0.15, -0.1) is 10.2 Å². The van der Waals surface area contributed by atoms with Gasteiger partial charge in [-0.2, -0.15) is 5.10 Å². The molecule has 2 heterocycles. The van der Waals surface area contributed by atoms with Crippen LogP contribution in [0.1, 0.15) is 36.1 Å². The Kier molecular flexibility index (Phi) is 5.23. The van der Waals surface area contributed by atoms with E-state index < -0.39 is 0 Å². The summed E-state index contributed by atoms with van der Waals surface area (Å²) in [7, 11) is 0. The second-order valence-electron chi connectivity index (χ2n) is 6.16. The van der Waals surface area contributed by atoms with E-state index in [0.29, 0.717) is 13.1 Å². The second-order valence-corrected chi connectivity index (χ2v) is 6.16. The molecule has 0 amide bonds. The predicted molar refractivity (Wildman–Crippen MR) is 93.9 cm³/mol. The highest BCUT2D eigenvalue weighted by atomic mass is 19.1. The van der Waals surface area contributed by atoms with Crippen LogP contribution in [0.15, 0.2) is 30.6 Å². The number of rotatable bonds is 7. The fourth-order valence-electron chi connectivity index (χ4n) is 2.93. The molecule has 0 atom stereocenters. The maximum Gasteiger partial charge on any atom is 0.146 e. The number of aromatic nitrogens is 5. The fourth-order valence-corrected chi connectivity index (χ4v) is 2.93. The molecule has 0 aliphatic rings. The summed E-state index contributed by atoms with van der Waals surface area (Å²) in [5.41, 5.74) is 3.70. The Bertz CT molecular complexity index is 851. The van der Waals surface area contributed by atoms with E-state index >= 15 is 0 Å². The van der Waals surface area contributed by atoms with E-state index in [9.17, 15) is 4.39 Å². The van der Waals surface area contributed by atoms with Crippen LogP contribution in [0, 0.1) is 19.7 Å². The first-order valence-electron chi connectivity index (χ1n) is 8.48. The summed E-state index contributed by atoms with van der Waals surface area (Å²) in [4.78, 5) is 0. The Morgan fingerprint density at radius 1 is 1.16 bits per heavy atom. The number of hydrogen-bond donors (Lipinski definition) is 1. The van der Waals surface area contributed by atoms with Crippen LogP contribution in [-0.4, -0.2) is 24.5 Å². The Labute approximate surface area is 146 Å². The summed E-state index contributed by atoms with van der Waals surface area (Å²) in [6.07, 6.45) is 2.76. The Morgan fingerprint density at radius 2 is 2.00 bits per heavy atom. The molecule has 7 heteroatoms. The molecule has 0 saturated carbocycles. The SMILES string of the molecule is CCCn1cnnc1CNCc1cc(F)ccc1-n1nc(C)cc1C. The van der Waals surface area contributed by atoms with Crippen molar-refractivity contribution in [2.24, 2.45) is 0 Å². The third-order valence-electron chi connectivity index (χ3n) is 4.04. The number of aryl methyl sites for hydroxylation is 3. The van der Waals surface area contributed by atoms with Crippen LogP contribution in [0.25, 0.3) is 5.69 Å². The number of nitrogens with zero attached hydrogens (tertiary/aromatic N) is 5. The zero-order chi connectivity index (χ0) is 17.8. The average molecular weight is 342 g/mol. The van der Waals surface area contributed by atoms with E-state index in [1.165, 1.54) is 6.07 Å². The van der Waals surface area contributed by atoms with Gasteiger partial charge in [-0.25, -0.2) is 9.07 Å². The number of benzene rings is 1. The molecule has 0 radical (unpaired) electrons. The number of hydrogen-bond acceptors (Lipinski definition) is 4. The molecule has 0 aliphatic carbocycles. The molecule has 25 heavy (non-hydrogen) atoms. The normalized spacial score (nSPS) is 11.2. The molecule has 1 aromatic carbocycles. The van der Waals surface area contributed by atoms with Crippen molar-refractivity contribution in [1.82, 2.24) is 29.9 Å². The minimum Gasteiger partial charge on any atom is -0.317 e. The van der Waals surface area contributed by atoms with Gasteiger partial charge >= 0.3 is 0 Å². The van der Waals surface area contributed by atoms with E-state index in [2.05, 4.69) is 27.5 Å². The highest BCUT2D eigenvalue weighted by Crippen LogP contribution is 2.18. The van der Waals surface area contributed by atoms with Gasteiger partial charge in [-0.1, -0.05) is 6.92 Å². The summed E-state index contributed by atoms with van der Waals surface area (Å²) < 4.78 is 17.6. The molecular weight excluding hydrogens is 319 g/mol. The molecule has 3 aromatic rings. The predicted octanol–water partition coefficient (Wildman–Crippen LogP) is 2.92. The molecule has 2 aromatic heterocycles. The molecule has 0 saturated heterocycles. The summed E-state index contributed by atoms with van der Waals surface area (Å²) in [5.74, 6) is 0.627. The Morgan fingerprint density at radius 3 is 2.72 bits per heavy atom. The van der Waals surface area contributed by atoms with Crippen molar-refractivity contribution in [2.45, 2.75) is 46.8 Å². The van der Waals surface area contributed by atoms with Gasteiger partial charge in [0.15, 0.2) is 0 Å². The van der Waals surface area contributed by atoms with Gasteiger partial charge in [-0.3, -0.25) is 0 Å². The van der Waals surface area contributed by atoms with Gasteiger partial charge in [0, 0.05) is 18.8 Å². The monoisotopic (exact) mass is 342 g/mol. The van der Waals surface area contributed by atoms with Gasteiger partial charge in [-0.05, 0) is 50.1 Å². The highest BCUT2D eigenvalue weighted by Gasteiger charge is 2.11. The quantitative estimate of drug-likeness (QED) is 0.717. The second kappa shape index (κ2) is 7.57. The van der Waals surface area contributed by atoms with E-state index in [1.807, 2.05) is 29.2 Å². The van der Waals surface area contributed by atoms with Gasteiger partial charge in [0.05, 0.1) is 17.9 Å². The van der Waals surface area contributed by atoms with E-state index in [-0.39, 0.29) is 5.82 Å². The number of nitrogens with one attached hydrogen (secondary N) is 1. The fraction of sp³-hybridized carbons (Fsp3) is 0.389. The topological polar surface area (TPSA) is 60.6 Å². The van der Waals surface area contributed by atoms with Crippen molar-refractivity contribution < 1.29 is 4.39 Å². The smallest absolute Gasteiger partial charge is 0.146 e. The molecule has 0 unspecified atom stereocenters. The van der Waals surface area contributed by atoms with Gasteiger partial charge in [0.2, 0.25) is 0 Å². The zero-order valence-electron chi connectivity index (χ0n) is 14.8. The summed E-state index contributed by atoms with van der Waals surface area (Å²) in [5, 5.41) is 15.9. The summed E-state index contributed by atoms with van der Waals surface area (Å²) in [6, 6.07) is 6.79. The number of halogens is 1. The van der Waals surface area contributed by atoms with E-state index in [0.717, 1.165) is 41.4 Å². The van der Waals surface area contributed by atoms with Crippen molar-refractivity contribution in [1.29, 1.82) is 0 Å². The molecule has 1 N–H and O–H groups in total. The Hall–Kier alpha value is -2.54. The molecule has 132 valence electrons. The van der Waals surface area contributed by atoms with Crippen LogP contribution in [0.5, 0.6) is 0 Å². The maximum absolute atomic E-state index is 13.7. The molecule has 0 fully saturated rings. The summed E-state index contributed by atoms with van der Waals surface area (Å²) >= 11 is 0. The van der Waals surface area contributed by atoms with Crippen LogP contribution >= 0.6 is 0 Å². The highest BCUT2D eigenvalue weighted by molar-refractivity contribution is 5.42. The lowest BCUT2D eigenvalue weighted by Crippen LogP contribution is -2.18. The molecular formula is C18H23FN6. The molecule has 0 aliphatic heterocycles. The average Bonchev–Trinajstić information content (AvgIpc) is 3.14. The first-order chi connectivity index (χ1) is 12.1. The van der Waals surface area contributed by atoms with Crippen LogP contribution in [-0.2, 0) is 19.6 Å². The van der Waals surface area contributed by atoms with Crippen molar-refractivity contribution >= 4 is 0 Å². The molecule has 0 spiro atoms. The first kappa shape index (κ1) is 17.3. The zero-order valence-corrected chi connectivity index (χ0v) is 14.8. The Balaban J connectivity index is 1.77. The largest absolute Gasteiger partial charge is 0.317 e. The van der Waals surface area contributed by atoms with Crippen molar-refractivity contribution in [3.63, 3.8) is 0 Å². The molecule has 3 rings (SSSR count). The summed E-state index contributed by atoms with van der Waals surface area (Å²) in [6.45, 7) is 8.04. The van der Waals surface area contributed by atoms with Crippen molar-refractivity contribution in [3.8, 4) is 5.69 Å². The third-order valence-corrected chi connectivity index (χ3v) is 4.04. The van der Waals surface area contributed by atoms with Crippen LogP contribution < -0.4 is 5.32 Å². The van der Waals surface area contributed by atoms with Gasteiger partial charge in [0.1, 0.15) is 18.0 Å². The lowest BCUT2D eigenvalue weighted by atomic mass is 10.1. The van der Waals surface area contributed by atoms with E-state index in [1.54, 1.807) is 18.5 Å². The van der Waals surface area contributed by atoms with Gasteiger partial charge < -0.3 is 9.88 Å². The minimum atomic E-state index is -0.253. The van der Waals surface area contributed by atoms with Crippen LogP contribution in [0.4, 0.5) is 4.39 Å². The standard InChI is InChI=1S/C18H23FN6/c1-4-7-24-12-21-22-18(24)11-20-10-15-9-16(19)5-6-17(15)25-14(3)8-13(2)23-25/h5-6,8-9,12,20H,4,7,10-11H2,1-3H3. The maximum atomic E-state index is 13.7.